The number of aryl methyl sites for hydroxylation is 1. The lowest BCUT2D eigenvalue weighted by atomic mass is 9.87. The molecule has 4 heterocycles. The van der Waals surface area contributed by atoms with Gasteiger partial charge in [0.05, 0.1) is 17.0 Å². The highest BCUT2D eigenvalue weighted by Crippen LogP contribution is 2.39. The van der Waals surface area contributed by atoms with Gasteiger partial charge in [0.25, 0.3) is 17.9 Å². The third-order valence-corrected chi connectivity index (χ3v) is 7.61. The van der Waals surface area contributed by atoms with Crippen LogP contribution in [0.25, 0.3) is 11.0 Å². The number of aromatic nitrogens is 3. The van der Waals surface area contributed by atoms with E-state index in [9.17, 15) is 22.8 Å². The van der Waals surface area contributed by atoms with E-state index in [1.54, 1.807) is 6.92 Å². The van der Waals surface area contributed by atoms with E-state index in [1.165, 1.54) is 36.1 Å². The largest absolute Gasteiger partial charge is 0.381 e. The van der Waals surface area contributed by atoms with Gasteiger partial charge in [-0.15, -0.1) is 0 Å². The van der Waals surface area contributed by atoms with Crippen molar-refractivity contribution >= 4 is 22.8 Å². The normalized spacial score (nSPS) is 18.1. The van der Waals surface area contributed by atoms with Crippen molar-refractivity contribution in [2.24, 2.45) is 7.05 Å². The molecule has 0 radical (unpaired) electrons. The minimum Gasteiger partial charge on any atom is -0.381 e. The Hall–Kier alpha value is -3.47. The zero-order valence-electron chi connectivity index (χ0n) is 20.6. The van der Waals surface area contributed by atoms with E-state index < -0.39 is 29.4 Å². The first-order chi connectivity index (χ1) is 17.7. The first kappa shape index (κ1) is 25.2. The third-order valence-electron chi connectivity index (χ3n) is 7.61. The number of carbonyl (C=O) groups is 1. The summed E-state index contributed by atoms with van der Waals surface area (Å²) in [6, 6.07) is 4.59. The number of anilines is 1. The van der Waals surface area contributed by atoms with Gasteiger partial charge in [-0.3, -0.25) is 14.2 Å². The highest BCUT2D eigenvalue weighted by Gasteiger charge is 2.45. The van der Waals surface area contributed by atoms with Gasteiger partial charge in [-0.1, -0.05) is 18.2 Å². The maximum Gasteiger partial charge on any atom is 0.266 e. The number of halogens is 3. The Morgan fingerprint density at radius 3 is 2.62 bits per heavy atom. The van der Waals surface area contributed by atoms with Crippen molar-refractivity contribution in [2.45, 2.75) is 50.6 Å². The fourth-order valence-electron chi connectivity index (χ4n) is 5.56. The number of rotatable bonds is 5. The van der Waals surface area contributed by atoms with Crippen LogP contribution in [0.3, 0.4) is 0 Å². The molecule has 1 amide bonds. The molecule has 2 aliphatic heterocycles. The summed E-state index contributed by atoms with van der Waals surface area (Å²) in [4.78, 5) is 37.3. The fourth-order valence-corrected chi connectivity index (χ4v) is 5.56. The first-order valence-corrected chi connectivity index (χ1v) is 12.3. The predicted molar refractivity (Wildman–Crippen MR) is 131 cm³/mol. The predicted octanol–water partition coefficient (Wildman–Crippen LogP) is 4.36. The van der Waals surface area contributed by atoms with E-state index in [1.807, 2.05) is 4.90 Å². The molecule has 1 atom stereocenters. The SMILES string of the molecule is C[C@@H](Nc1ncnc2c1cc(C(=O)N1CCCC13CCOCC3)c(=O)n2C)c1cccc(C(F)F)c1F. The highest BCUT2D eigenvalue weighted by molar-refractivity contribution is 5.99. The van der Waals surface area contributed by atoms with Crippen LogP contribution in [-0.2, 0) is 11.8 Å². The molecule has 196 valence electrons. The molecule has 0 bridgehead atoms. The smallest absolute Gasteiger partial charge is 0.266 e. The molecule has 0 aliphatic carbocycles. The number of nitrogens with one attached hydrogen (secondary N) is 1. The van der Waals surface area contributed by atoms with Crippen LogP contribution in [-0.4, -0.2) is 50.6 Å². The number of nitrogens with zero attached hydrogens (tertiary/aromatic N) is 4. The summed E-state index contributed by atoms with van der Waals surface area (Å²) in [6.07, 6.45) is 1.48. The number of ether oxygens (including phenoxy) is 1. The Labute approximate surface area is 211 Å². The lowest BCUT2D eigenvalue weighted by Gasteiger charge is -2.41. The summed E-state index contributed by atoms with van der Waals surface area (Å²) in [6.45, 7) is 3.33. The number of alkyl halides is 2. The monoisotopic (exact) mass is 515 g/mol. The van der Waals surface area contributed by atoms with Crippen LogP contribution in [0.4, 0.5) is 19.0 Å². The molecule has 0 saturated carbocycles. The number of carbonyl (C=O) groups excluding carboxylic acids is 1. The van der Waals surface area contributed by atoms with Gasteiger partial charge < -0.3 is 15.0 Å². The van der Waals surface area contributed by atoms with Crippen LogP contribution < -0.4 is 10.9 Å². The maximum atomic E-state index is 14.8. The molecular weight excluding hydrogens is 487 g/mol. The van der Waals surface area contributed by atoms with E-state index >= 15 is 0 Å². The molecule has 8 nitrogen and oxygen atoms in total. The quantitative estimate of drug-likeness (QED) is 0.543. The second-order valence-corrected chi connectivity index (χ2v) is 9.70. The molecule has 5 rings (SSSR count). The van der Waals surface area contributed by atoms with Crippen LogP contribution in [0.15, 0.2) is 35.4 Å². The summed E-state index contributed by atoms with van der Waals surface area (Å²) in [5.41, 5.74) is -1.13. The lowest BCUT2D eigenvalue weighted by Crippen LogP contribution is -2.51. The maximum absolute atomic E-state index is 14.8. The Balaban J connectivity index is 1.54. The van der Waals surface area contributed by atoms with Crippen molar-refractivity contribution in [3.63, 3.8) is 0 Å². The Kier molecular flexibility index (Phi) is 6.65. The highest BCUT2D eigenvalue weighted by atomic mass is 19.3. The van der Waals surface area contributed by atoms with Crippen LogP contribution in [0.2, 0.25) is 0 Å². The molecular formula is C26H28F3N5O3. The van der Waals surface area contributed by atoms with Crippen LogP contribution in [0.1, 0.15) is 66.6 Å². The molecule has 11 heteroatoms. The van der Waals surface area contributed by atoms with Crippen molar-refractivity contribution in [3.8, 4) is 0 Å². The molecule has 2 saturated heterocycles. The first-order valence-electron chi connectivity index (χ1n) is 12.3. The van der Waals surface area contributed by atoms with Gasteiger partial charge in [-0.25, -0.2) is 23.1 Å². The number of pyridine rings is 1. The topological polar surface area (TPSA) is 89.4 Å². The van der Waals surface area contributed by atoms with Crippen molar-refractivity contribution in [1.29, 1.82) is 0 Å². The summed E-state index contributed by atoms with van der Waals surface area (Å²) in [5.74, 6) is -1.08. The van der Waals surface area contributed by atoms with Gasteiger partial charge in [0.1, 0.15) is 29.2 Å². The standard InChI is InChI=1S/C26H28F3N5O3/c1-15(16-5-3-6-17(20(16)27)21(28)29)32-22-18-13-19(24(35)33(2)23(18)31-14-30-22)25(36)34-10-4-7-26(34)8-11-37-12-9-26/h3,5-6,13-15,21H,4,7-12H2,1-2H3,(H,30,31,32)/t15-/m1/s1. The molecule has 3 aromatic rings. The fraction of sp³-hybridized carbons (Fsp3) is 0.462. The molecule has 1 N–H and O–H groups in total. The van der Waals surface area contributed by atoms with Crippen molar-refractivity contribution in [1.82, 2.24) is 19.4 Å². The van der Waals surface area contributed by atoms with Gasteiger partial charge in [-0.05, 0) is 38.7 Å². The second-order valence-electron chi connectivity index (χ2n) is 9.70. The molecule has 1 spiro atoms. The van der Waals surface area contributed by atoms with E-state index in [0.29, 0.717) is 25.1 Å². The summed E-state index contributed by atoms with van der Waals surface area (Å²) >= 11 is 0. The van der Waals surface area contributed by atoms with Gasteiger partial charge in [0.2, 0.25) is 0 Å². The zero-order valence-corrected chi connectivity index (χ0v) is 20.6. The van der Waals surface area contributed by atoms with E-state index in [-0.39, 0.29) is 34.0 Å². The molecule has 2 aliphatic rings. The average molecular weight is 516 g/mol. The van der Waals surface area contributed by atoms with Crippen molar-refractivity contribution in [3.05, 3.63) is 63.5 Å². The minimum atomic E-state index is -2.94. The van der Waals surface area contributed by atoms with Gasteiger partial charge >= 0.3 is 0 Å². The summed E-state index contributed by atoms with van der Waals surface area (Å²) < 4.78 is 48.0. The minimum absolute atomic E-state index is 0.000789. The Morgan fingerprint density at radius 1 is 1.16 bits per heavy atom. The van der Waals surface area contributed by atoms with E-state index in [4.69, 9.17) is 4.74 Å². The number of hydrogen-bond acceptors (Lipinski definition) is 6. The lowest BCUT2D eigenvalue weighted by molar-refractivity contribution is -0.00320. The third kappa shape index (κ3) is 4.35. The van der Waals surface area contributed by atoms with Crippen molar-refractivity contribution < 1.29 is 22.7 Å². The van der Waals surface area contributed by atoms with Crippen molar-refractivity contribution in [2.75, 3.05) is 25.1 Å². The van der Waals surface area contributed by atoms with Gasteiger partial charge in [0, 0.05) is 37.9 Å². The second kappa shape index (κ2) is 9.77. The van der Waals surface area contributed by atoms with E-state index in [0.717, 1.165) is 31.7 Å². The number of amides is 1. The van der Waals surface area contributed by atoms with Crippen LogP contribution in [0, 0.1) is 5.82 Å². The number of fused-ring (bicyclic) bond motifs is 1. The van der Waals surface area contributed by atoms with Crippen LogP contribution >= 0.6 is 0 Å². The molecule has 0 unspecified atom stereocenters. The molecule has 2 fully saturated rings. The average Bonchev–Trinajstić information content (AvgIpc) is 3.28. The molecule has 2 aromatic heterocycles. The number of likely N-dealkylation sites (tertiary alicyclic amines) is 1. The Bertz CT molecular complexity index is 1400. The van der Waals surface area contributed by atoms with E-state index in [2.05, 4.69) is 15.3 Å². The summed E-state index contributed by atoms with van der Waals surface area (Å²) in [5, 5.41) is 3.45. The zero-order chi connectivity index (χ0) is 26.3. The summed E-state index contributed by atoms with van der Waals surface area (Å²) in [7, 11) is 1.53. The van der Waals surface area contributed by atoms with Gasteiger partial charge in [-0.2, -0.15) is 0 Å². The number of hydrogen-bond donors (Lipinski definition) is 1. The molecule has 37 heavy (non-hydrogen) atoms. The van der Waals surface area contributed by atoms with Crippen LogP contribution in [0.5, 0.6) is 0 Å². The number of benzene rings is 1. The van der Waals surface area contributed by atoms with Gasteiger partial charge in [0.15, 0.2) is 0 Å². The molecule has 1 aromatic carbocycles. The Morgan fingerprint density at radius 2 is 1.89 bits per heavy atom.